The summed E-state index contributed by atoms with van der Waals surface area (Å²) in [5.74, 6) is 3.29. The van der Waals surface area contributed by atoms with Crippen molar-refractivity contribution in [1.29, 1.82) is 0 Å². The van der Waals surface area contributed by atoms with Crippen LogP contribution in [0.3, 0.4) is 0 Å². The second kappa shape index (κ2) is 6.54. The lowest BCUT2D eigenvalue weighted by Gasteiger charge is -2.39. The van der Waals surface area contributed by atoms with Crippen LogP contribution in [0.25, 0.3) is 0 Å². The van der Waals surface area contributed by atoms with E-state index >= 15 is 0 Å². The number of carbonyl (C=O) groups excluding carboxylic acids is 1. The van der Waals surface area contributed by atoms with E-state index in [2.05, 4.69) is 30.2 Å². The second-order valence-electron chi connectivity index (χ2n) is 5.75. The standard InChI is InChI=1S/C21H18O2/c1-2-17-13-14-21(15-20(17)23-16-22,18-9-5-3-6-10-18)19-11-7-4-8-12-19/h1,3-12,16H,13-15H2. The minimum absolute atomic E-state index is 0.221. The highest BCUT2D eigenvalue weighted by Crippen LogP contribution is 2.46. The van der Waals surface area contributed by atoms with Crippen molar-refractivity contribution in [3.05, 3.63) is 83.1 Å². The number of benzene rings is 2. The van der Waals surface area contributed by atoms with Gasteiger partial charge in [-0.15, -0.1) is 6.42 Å². The number of hydrogen-bond acceptors (Lipinski definition) is 2. The average molecular weight is 302 g/mol. The van der Waals surface area contributed by atoms with E-state index in [9.17, 15) is 4.79 Å². The fourth-order valence-corrected chi connectivity index (χ4v) is 3.44. The molecule has 2 nitrogen and oxygen atoms in total. The van der Waals surface area contributed by atoms with Gasteiger partial charge in [0, 0.05) is 17.4 Å². The summed E-state index contributed by atoms with van der Waals surface area (Å²) in [5, 5.41) is 0. The lowest BCUT2D eigenvalue weighted by atomic mass is 9.65. The summed E-state index contributed by atoms with van der Waals surface area (Å²) in [4.78, 5) is 10.9. The molecule has 0 atom stereocenters. The number of ether oxygens (including phenoxy) is 1. The van der Waals surface area contributed by atoms with Crippen molar-refractivity contribution in [1.82, 2.24) is 0 Å². The first-order chi connectivity index (χ1) is 11.3. The Kier molecular flexibility index (Phi) is 4.30. The molecule has 114 valence electrons. The lowest BCUT2D eigenvalue weighted by Crippen LogP contribution is -2.32. The van der Waals surface area contributed by atoms with Gasteiger partial charge in [-0.05, 0) is 24.0 Å². The van der Waals surface area contributed by atoms with Crippen LogP contribution in [0.4, 0.5) is 0 Å². The fraction of sp³-hybridized carbons (Fsp3) is 0.190. The Hall–Kier alpha value is -2.79. The van der Waals surface area contributed by atoms with Crippen molar-refractivity contribution in [3.8, 4) is 12.3 Å². The highest BCUT2D eigenvalue weighted by Gasteiger charge is 2.39. The average Bonchev–Trinajstić information content (AvgIpc) is 2.63. The van der Waals surface area contributed by atoms with E-state index in [0.29, 0.717) is 18.7 Å². The summed E-state index contributed by atoms with van der Waals surface area (Å²) in [6, 6.07) is 20.7. The van der Waals surface area contributed by atoms with Crippen LogP contribution in [0.2, 0.25) is 0 Å². The molecule has 3 rings (SSSR count). The zero-order valence-electron chi connectivity index (χ0n) is 12.9. The van der Waals surface area contributed by atoms with Gasteiger partial charge in [-0.3, -0.25) is 4.79 Å². The zero-order chi connectivity index (χ0) is 16.1. The second-order valence-corrected chi connectivity index (χ2v) is 5.75. The first-order valence-corrected chi connectivity index (χ1v) is 7.70. The molecular formula is C21H18O2. The molecule has 0 saturated heterocycles. The molecule has 0 amide bonds. The molecular weight excluding hydrogens is 284 g/mol. The monoisotopic (exact) mass is 302 g/mol. The van der Waals surface area contributed by atoms with Crippen LogP contribution in [0, 0.1) is 12.3 Å². The minimum atomic E-state index is -0.221. The quantitative estimate of drug-likeness (QED) is 0.624. The molecule has 1 aliphatic rings. The number of rotatable bonds is 4. The number of terminal acetylenes is 1. The van der Waals surface area contributed by atoms with Crippen LogP contribution in [0.1, 0.15) is 30.4 Å². The molecule has 0 radical (unpaired) electrons. The smallest absolute Gasteiger partial charge is 0.298 e. The van der Waals surface area contributed by atoms with Gasteiger partial charge in [0.25, 0.3) is 6.47 Å². The highest BCUT2D eigenvalue weighted by molar-refractivity contribution is 5.48. The van der Waals surface area contributed by atoms with Crippen LogP contribution in [-0.2, 0) is 14.9 Å². The predicted octanol–water partition coefficient (Wildman–Crippen LogP) is 4.22. The topological polar surface area (TPSA) is 26.3 Å². The molecule has 0 N–H and O–H groups in total. The Morgan fingerprint density at radius 1 is 1.00 bits per heavy atom. The first kappa shape index (κ1) is 15.1. The van der Waals surface area contributed by atoms with Gasteiger partial charge < -0.3 is 4.74 Å². The molecule has 0 bridgehead atoms. The van der Waals surface area contributed by atoms with Gasteiger partial charge in [0.15, 0.2) is 0 Å². The van der Waals surface area contributed by atoms with E-state index < -0.39 is 0 Å². The number of allylic oxidation sites excluding steroid dienone is 2. The van der Waals surface area contributed by atoms with Crippen LogP contribution in [0.5, 0.6) is 0 Å². The molecule has 0 spiro atoms. The van der Waals surface area contributed by atoms with E-state index in [0.717, 1.165) is 18.4 Å². The summed E-state index contributed by atoms with van der Waals surface area (Å²) in [5.41, 5.74) is 3.00. The Bertz CT molecular complexity index is 712. The van der Waals surface area contributed by atoms with Gasteiger partial charge in [0.05, 0.1) is 0 Å². The van der Waals surface area contributed by atoms with Crippen molar-refractivity contribution in [2.45, 2.75) is 24.7 Å². The van der Waals surface area contributed by atoms with Gasteiger partial charge >= 0.3 is 0 Å². The van der Waals surface area contributed by atoms with Crippen molar-refractivity contribution in [3.63, 3.8) is 0 Å². The maximum atomic E-state index is 10.9. The molecule has 0 heterocycles. The lowest BCUT2D eigenvalue weighted by molar-refractivity contribution is -0.125. The predicted molar refractivity (Wildman–Crippen MR) is 90.5 cm³/mol. The fourth-order valence-electron chi connectivity index (χ4n) is 3.44. The van der Waals surface area contributed by atoms with E-state index in [1.165, 1.54) is 11.1 Å². The zero-order valence-corrected chi connectivity index (χ0v) is 12.9. The number of carbonyl (C=O) groups is 1. The number of hydrogen-bond donors (Lipinski definition) is 0. The molecule has 0 fully saturated rings. The Morgan fingerprint density at radius 3 is 2.04 bits per heavy atom. The third-order valence-corrected chi connectivity index (χ3v) is 4.62. The summed E-state index contributed by atoms with van der Waals surface area (Å²) >= 11 is 0. The molecule has 0 saturated carbocycles. The Balaban J connectivity index is 2.14. The summed E-state index contributed by atoms with van der Waals surface area (Å²) in [6.07, 6.45) is 7.80. The van der Waals surface area contributed by atoms with E-state index in [1.807, 2.05) is 36.4 Å². The normalized spacial score (nSPS) is 16.5. The third kappa shape index (κ3) is 2.78. The molecule has 2 heteroatoms. The van der Waals surface area contributed by atoms with Gasteiger partial charge in [0.1, 0.15) is 5.76 Å². The maximum Gasteiger partial charge on any atom is 0.298 e. The van der Waals surface area contributed by atoms with Gasteiger partial charge in [-0.25, -0.2) is 0 Å². The largest absolute Gasteiger partial charge is 0.432 e. The van der Waals surface area contributed by atoms with Crippen LogP contribution in [-0.4, -0.2) is 6.47 Å². The Labute approximate surface area is 136 Å². The van der Waals surface area contributed by atoms with Crippen molar-refractivity contribution in [2.75, 3.05) is 0 Å². The van der Waals surface area contributed by atoms with E-state index in [4.69, 9.17) is 11.2 Å². The highest BCUT2D eigenvalue weighted by atomic mass is 16.5. The van der Waals surface area contributed by atoms with Crippen LogP contribution in [0.15, 0.2) is 72.0 Å². The molecule has 23 heavy (non-hydrogen) atoms. The molecule has 0 unspecified atom stereocenters. The molecule has 2 aromatic carbocycles. The van der Waals surface area contributed by atoms with Crippen molar-refractivity contribution in [2.24, 2.45) is 0 Å². The molecule has 0 aromatic heterocycles. The first-order valence-electron chi connectivity index (χ1n) is 7.70. The third-order valence-electron chi connectivity index (χ3n) is 4.62. The SMILES string of the molecule is C#CC1=C(OC=O)CC(c2ccccc2)(c2ccccc2)CC1. The van der Waals surface area contributed by atoms with Crippen molar-refractivity contribution < 1.29 is 9.53 Å². The van der Waals surface area contributed by atoms with Crippen LogP contribution < -0.4 is 0 Å². The van der Waals surface area contributed by atoms with E-state index in [1.54, 1.807) is 0 Å². The minimum Gasteiger partial charge on any atom is -0.432 e. The summed E-state index contributed by atoms with van der Waals surface area (Å²) in [7, 11) is 0. The Morgan fingerprint density at radius 2 is 1.57 bits per heavy atom. The van der Waals surface area contributed by atoms with Crippen molar-refractivity contribution >= 4 is 6.47 Å². The summed E-state index contributed by atoms with van der Waals surface area (Å²) in [6.45, 7) is 0.471. The van der Waals surface area contributed by atoms with Gasteiger partial charge in [0.2, 0.25) is 0 Å². The molecule has 1 aliphatic carbocycles. The van der Waals surface area contributed by atoms with Gasteiger partial charge in [-0.2, -0.15) is 0 Å². The van der Waals surface area contributed by atoms with E-state index in [-0.39, 0.29) is 5.41 Å². The molecule has 0 aliphatic heterocycles. The van der Waals surface area contributed by atoms with Crippen LogP contribution >= 0.6 is 0 Å². The maximum absolute atomic E-state index is 10.9. The molecule has 2 aromatic rings. The summed E-state index contributed by atoms with van der Waals surface area (Å²) < 4.78 is 5.24. The van der Waals surface area contributed by atoms with Gasteiger partial charge in [-0.1, -0.05) is 66.6 Å².